The first-order valence-corrected chi connectivity index (χ1v) is 5.62. The van der Waals surface area contributed by atoms with Gasteiger partial charge >= 0.3 is 0 Å². The standard InChI is InChI=1S/C11H20N4O/c1-3-5-9-8-11(15-12)14-10(13-9)6-4-7-16-2/h8H,3-7,12H2,1-2H3,(H,13,14,15). The number of ether oxygens (including phenoxy) is 1. The smallest absolute Gasteiger partial charge is 0.143 e. The quantitative estimate of drug-likeness (QED) is 0.415. The average molecular weight is 224 g/mol. The van der Waals surface area contributed by atoms with Crippen LogP contribution in [0.25, 0.3) is 0 Å². The van der Waals surface area contributed by atoms with Crippen LogP contribution < -0.4 is 11.3 Å². The van der Waals surface area contributed by atoms with Crippen molar-refractivity contribution in [3.8, 4) is 0 Å². The number of nitrogens with zero attached hydrogens (tertiary/aromatic N) is 2. The molecule has 0 atom stereocenters. The van der Waals surface area contributed by atoms with E-state index in [2.05, 4.69) is 22.3 Å². The molecule has 0 amide bonds. The van der Waals surface area contributed by atoms with Crippen molar-refractivity contribution in [2.75, 3.05) is 19.1 Å². The normalized spacial score (nSPS) is 10.4. The maximum Gasteiger partial charge on any atom is 0.143 e. The molecule has 1 aromatic rings. The number of hydrazine groups is 1. The predicted octanol–water partition coefficient (Wildman–Crippen LogP) is 1.29. The number of aromatic nitrogens is 2. The number of hydrogen-bond donors (Lipinski definition) is 2. The lowest BCUT2D eigenvalue weighted by atomic mass is 10.2. The Balaban J connectivity index is 2.69. The van der Waals surface area contributed by atoms with Crippen molar-refractivity contribution in [3.05, 3.63) is 17.6 Å². The van der Waals surface area contributed by atoms with Gasteiger partial charge in [-0.15, -0.1) is 0 Å². The summed E-state index contributed by atoms with van der Waals surface area (Å²) in [7, 11) is 1.70. The van der Waals surface area contributed by atoms with Gasteiger partial charge in [0.25, 0.3) is 0 Å². The van der Waals surface area contributed by atoms with Crippen LogP contribution in [0.5, 0.6) is 0 Å². The van der Waals surface area contributed by atoms with E-state index in [-0.39, 0.29) is 0 Å². The lowest BCUT2D eigenvalue weighted by Gasteiger charge is -2.06. The van der Waals surface area contributed by atoms with E-state index in [0.29, 0.717) is 5.82 Å². The molecular weight excluding hydrogens is 204 g/mol. The predicted molar refractivity (Wildman–Crippen MR) is 64.0 cm³/mol. The molecule has 0 radical (unpaired) electrons. The summed E-state index contributed by atoms with van der Waals surface area (Å²) in [4.78, 5) is 8.78. The maximum atomic E-state index is 5.37. The van der Waals surface area contributed by atoms with Crippen molar-refractivity contribution in [1.29, 1.82) is 0 Å². The van der Waals surface area contributed by atoms with Crippen LogP contribution >= 0.6 is 0 Å². The van der Waals surface area contributed by atoms with Crippen molar-refractivity contribution in [2.24, 2.45) is 5.84 Å². The Hall–Kier alpha value is -1.20. The maximum absolute atomic E-state index is 5.37. The van der Waals surface area contributed by atoms with Crippen LogP contribution in [0.3, 0.4) is 0 Å². The minimum absolute atomic E-state index is 0.686. The highest BCUT2D eigenvalue weighted by atomic mass is 16.5. The second-order valence-corrected chi connectivity index (χ2v) is 3.65. The second kappa shape index (κ2) is 7.14. The fourth-order valence-electron chi connectivity index (χ4n) is 1.50. The minimum atomic E-state index is 0.686. The van der Waals surface area contributed by atoms with E-state index in [1.165, 1.54) is 0 Å². The lowest BCUT2D eigenvalue weighted by Crippen LogP contribution is -2.12. The van der Waals surface area contributed by atoms with Crippen LogP contribution in [0.15, 0.2) is 6.07 Å². The van der Waals surface area contributed by atoms with Gasteiger partial charge < -0.3 is 10.2 Å². The van der Waals surface area contributed by atoms with Crippen LogP contribution in [-0.4, -0.2) is 23.7 Å². The van der Waals surface area contributed by atoms with Crippen LogP contribution in [-0.2, 0) is 17.6 Å². The number of methoxy groups -OCH3 is 1. The van der Waals surface area contributed by atoms with E-state index in [1.54, 1.807) is 7.11 Å². The van der Waals surface area contributed by atoms with Crippen molar-refractivity contribution in [3.63, 3.8) is 0 Å². The minimum Gasteiger partial charge on any atom is -0.385 e. The van der Waals surface area contributed by atoms with Gasteiger partial charge in [0.2, 0.25) is 0 Å². The lowest BCUT2D eigenvalue weighted by molar-refractivity contribution is 0.194. The number of nitrogens with one attached hydrogen (secondary N) is 1. The van der Waals surface area contributed by atoms with Crippen molar-refractivity contribution in [2.45, 2.75) is 32.6 Å². The topological polar surface area (TPSA) is 73.1 Å². The molecule has 0 aromatic carbocycles. The number of nitrogens with two attached hydrogens (primary N) is 1. The summed E-state index contributed by atoms with van der Waals surface area (Å²) >= 11 is 0. The van der Waals surface area contributed by atoms with E-state index in [1.807, 2.05) is 6.07 Å². The zero-order chi connectivity index (χ0) is 11.8. The van der Waals surface area contributed by atoms with Gasteiger partial charge in [-0.3, -0.25) is 0 Å². The van der Waals surface area contributed by atoms with Gasteiger partial charge in [-0.2, -0.15) is 0 Å². The van der Waals surface area contributed by atoms with E-state index < -0.39 is 0 Å². The number of aryl methyl sites for hydroxylation is 2. The Bertz CT molecular complexity index is 317. The highest BCUT2D eigenvalue weighted by Gasteiger charge is 2.03. The average Bonchev–Trinajstić information content (AvgIpc) is 2.29. The Morgan fingerprint density at radius 1 is 1.38 bits per heavy atom. The van der Waals surface area contributed by atoms with E-state index in [0.717, 1.165) is 43.8 Å². The first kappa shape index (κ1) is 12.9. The molecule has 3 N–H and O–H groups in total. The first-order valence-electron chi connectivity index (χ1n) is 5.62. The molecule has 1 heterocycles. The van der Waals surface area contributed by atoms with Gasteiger partial charge in [0, 0.05) is 31.9 Å². The van der Waals surface area contributed by atoms with Crippen LogP contribution in [0.1, 0.15) is 31.3 Å². The summed E-state index contributed by atoms with van der Waals surface area (Å²) in [6.45, 7) is 2.86. The monoisotopic (exact) mass is 224 g/mol. The Morgan fingerprint density at radius 3 is 2.81 bits per heavy atom. The summed E-state index contributed by atoms with van der Waals surface area (Å²) in [6.07, 6.45) is 3.77. The van der Waals surface area contributed by atoms with Crippen LogP contribution in [0.4, 0.5) is 5.82 Å². The fourth-order valence-corrected chi connectivity index (χ4v) is 1.50. The molecule has 0 spiro atoms. The molecule has 0 unspecified atom stereocenters. The number of anilines is 1. The van der Waals surface area contributed by atoms with Gasteiger partial charge in [-0.25, -0.2) is 15.8 Å². The highest BCUT2D eigenvalue weighted by molar-refractivity contribution is 5.34. The first-order chi connectivity index (χ1) is 7.80. The zero-order valence-corrected chi connectivity index (χ0v) is 9.99. The Labute approximate surface area is 96.4 Å². The zero-order valence-electron chi connectivity index (χ0n) is 9.99. The van der Waals surface area contributed by atoms with Crippen LogP contribution in [0.2, 0.25) is 0 Å². The summed E-state index contributed by atoms with van der Waals surface area (Å²) < 4.78 is 5.00. The molecule has 0 aliphatic carbocycles. The van der Waals surface area contributed by atoms with Gasteiger partial charge in [0.05, 0.1) is 0 Å². The largest absolute Gasteiger partial charge is 0.385 e. The molecule has 0 bridgehead atoms. The van der Waals surface area contributed by atoms with Crippen LogP contribution in [0, 0.1) is 0 Å². The molecule has 0 saturated heterocycles. The van der Waals surface area contributed by atoms with E-state index in [9.17, 15) is 0 Å². The molecular formula is C11H20N4O. The Morgan fingerprint density at radius 2 is 2.19 bits per heavy atom. The van der Waals surface area contributed by atoms with Gasteiger partial charge in [-0.1, -0.05) is 13.3 Å². The number of hydrogen-bond acceptors (Lipinski definition) is 5. The van der Waals surface area contributed by atoms with Gasteiger partial charge in [0.1, 0.15) is 11.6 Å². The summed E-state index contributed by atoms with van der Waals surface area (Å²) in [5, 5.41) is 0. The van der Waals surface area contributed by atoms with Gasteiger partial charge in [0.15, 0.2) is 0 Å². The molecule has 1 rings (SSSR count). The molecule has 0 aliphatic heterocycles. The molecule has 0 saturated carbocycles. The molecule has 5 nitrogen and oxygen atoms in total. The van der Waals surface area contributed by atoms with Crippen molar-refractivity contribution < 1.29 is 4.74 Å². The second-order valence-electron chi connectivity index (χ2n) is 3.65. The third-order valence-corrected chi connectivity index (χ3v) is 2.23. The SMILES string of the molecule is CCCc1cc(NN)nc(CCCOC)n1. The van der Waals surface area contributed by atoms with Crippen molar-refractivity contribution in [1.82, 2.24) is 9.97 Å². The number of rotatable bonds is 7. The van der Waals surface area contributed by atoms with Crippen molar-refractivity contribution >= 4 is 5.82 Å². The molecule has 5 heteroatoms. The third-order valence-electron chi connectivity index (χ3n) is 2.23. The molecule has 1 aromatic heterocycles. The summed E-state index contributed by atoms with van der Waals surface area (Å²) in [5.41, 5.74) is 3.61. The molecule has 0 aliphatic rings. The summed E-state index contributed by atoms with van der Waals surface area (Å²) in [6, 6.07) is 1.89. The molecule has 90 valence electrons. The molecule has 16 heavy (non-hydrogen) atoms. The van der Waals surface area contributed by atoms with E-state index >= 15 is 0 Å². The third kappa shape index (κ3) is 4.12. The Kier molecular flexibility index (Phi) is 5.74. The molecule has 0 fully saturated rings. The van der Waals surface area contributed by atoms with E-state index in [4.69, 9.17) is 10.6 Å². The summed E-state index contributed by atoms with van der Waals surface area (Å²) in [5.74, 6) is 6.89. The fraction of sp³-hybridized carbons (Fsp3) is 0.636. The number of nitrogen functional groups attached to an aromatic ring is 1. The highest BCUT2D eigenvalue weighted by Crippen LogP contribution is 2.09. The van der Waals surface area contributed by atoms with Gasteiger partial charge in [-0.05, 0) is 12.8 Å².